The van der Waals surface area contributed by atoms with Gasteiger partial charge in [0.2, 0.25) is 5.91 Å². The molecule has 2 saturated heterocycles. The number of piperidine rings is 1. The minimum atomic E-state index is -1.02. The van der Waals surface area contributed by atoms with Crippen molar-refractivity contribution in [3.63, 3.8) is 0 Å². The highest BCUT2D eigenvalue weighted by Crippen LogP contribution is 2.28. The summed E-state index contributed by atoms with van der Waals surface area (Å²) >= 11 is 0. The topological polar surface area (TPSA) is 93.0 Å². The van der Waals surface area contributed by atoms with Gasteiger partial charge in [-0.3, -0.25) is 9.69 Å². The average Bonchev–Trinajstić information content (AvgIpc) is 2.66. The van der Waals surface area contributed by atoms with E-state index in [2.05, 4.69) is 5.32 Å². The van der Waals surface area contributed by atoms with Crippen LogP contribution in [0.25, 0.3) is 0 Å². The van der Waals surface area contributed by atoms with Crippen LogP contribution >= 0.6 is 0 Å². The normalized spacial score (nSPS) is 39.4. The Labute approximate surface area is 113 Å². The molecule has 19 heavy (non-hydrogen) atoms. The van der Waals surface area contributed by atoms with Gasteiger partial charge in [0.05, 0.1) is 24.3 Å². The molecule has 2 aliphatic rings. The maximum absolute atomic E-state index is 11.8. The van der Waals surface area contributed by atoms with E-state index < -0.39 is 30.4 Å². The van der Waals surface area contributed by atoms with Gasteiger partial charge in [-0.1, -0.05) is 13.8 Å². The third kappa shape index (κ3) is 3.08. The van der Waals surface area contributed by atoms with Crippen LogP contribution in [0.5, 0.6) is 0 Å². The van der Waals surface area contributed by atoms with E-state index >= 15 is 0 Å². The van der Waals surface area contributed by atoms with Gasteiger partial charge in [-0.15, -0.1) is 0 Å². The first kappa shape index (κ1) is 14.7. The van der Waals surface area contributed by atoms with Crippen LogP contribution < -0.4 is 5.32 Å². The summed E-state index contributed by atoms with van der Waals surface area (Å²) < 4.78 is 0. The van der Waals surface area contributed by atoms with Crippen molar-refractivity contribution < 1.29 is 20.1 Å². The molecule has 5 atom stereocenters. The molecular formula is C13H24N2O4. The zero-order valence-electron chi connectivity index (χ0n) is 11.5. The van der Waals surface area contributed by atoms with Crippen molar-refractivity contribution in [3.05, 3.63) is 0 Å². The van der Waals surface area contributed by atoms with Crippen LogP contribution in [-0.2, 0) is 4.79 Å². The largest absolute Gasteiger partial charge is 0.391 e. The fraction of sp³-hybridized carbons (Fsp3) is 0.923. The van der Waals surface area contributed by atoms with Gasteiger partial charge < -0.3 is 20.6 Å². The Morgan fingerprint density at radius 1 is 1.32 bits per heavy atom. The van der Waals surface area contributed by atoms with Gasteiger partial charge in [0.1, 0.15) is 6.10 Å². The summed E-state index contributed by atoms with van der Waals surface area (Å²) in [6, 6.07) is -0.879. The van der Waals surface area contributed by atoms with Gasteiger partial charge in [-0.25, -0.2) is 0 Å². The lowest BCUT2D eigenvalue weighted by Gasteiger charge is -2.43. The van der Waals surface area contributed by atoms with Crippen molar-refractivity contribution >= 4 is 5.91 Å². The predicted octanol–water partition coefficient (Wildman–Crippen LogP) is -1.31. The summed E-state index contributed by atoms with van der Waals surface area (Å²) in [5.74, 6) is 0.149. The number of carbonyl (C=O) groups is 1. The SMILES string of the molecule is CC(C)CC(=O)NC1CN2CCC(O)C2C(O)C1O. The summed E-state index contributed by atoms with van der Waals surface area (Å²) in [6.45, 7) is 5.08. The Bertz CT molecular complexity index is 337. The Kier molecular flexibility index (Phi) is 4.45. The molecule has 0 radical (unpaired) electrons. The fourth-order valence-corrected chi connectivity index (χ4v) is 3.09. The monoisotopic (exact) mass is 272 g/mol. The molecule has 2 rings (SSSR count). The molecule has 6 heteroatoms. The highest BCUT2D eigenvalue weighted by atomic mass is 16.3. The molecule has 0 aromatic heterocycles. The third-order valence-corrected chi connectivity index (χ3v) is 4.01. The molecule has 0 aliphatic carbocycles. The standard InChI is InChI=1S/C13H24N2O4/c1-7(2)5-10(17)14-8-6-15-4-3-9(16)11(15)13(19)12(8)18/h7-9,11-13,16,18-19H,3-6H2,1-2H3,(H,14,17). The molecule has 2 aliphatic heterocycles. The number of nitrogens with zero attached hydrogens (tertiary/aromatic N) is 1. The number of nitrogens with one attached hydrogen (secondary N) is 1. The van der Waals surface area contributed by atoms with Crippen LogP contribution in [0.2, 0.25) is 0 Å². The summed E-state index contributed by atoms with van der Waals surface area (Å²) in [5.41, 5.74) is 0. The molecule has 0 saturated carbocycles. The van der Waals surface area contributed by atoms with Gasteiger partial charge in [0.25, 0.3) is 0 Å². The summed E-state index contributed by atoms with van der Waals surface area (Å²) in [4.78, 5) is 13.7. The number of aliphatic hydroxyl groups excluding tert-OH is 3. The third-order valence-electron chi connectivity index (χ3n) is 4.01. The minimum absolute atomic E-state index is 0.107. The van der Waals surface area contributed by atoms with Crippen molar-refractivity contribution in [2.75, 3.05) is 13.1 Å². The molecule has 2 fully saturated rings. The zero-order chi connectivity index (χ0) is 14.2. The maximum Gasteiger partial charge on any atom is 0.220 e. The van der Waals surface area contributed by atoms with E-state index in [1.54, 1.807) is 0 Å². The minimum Gasteiger partial charge on any atom is -0.391 e. The molecule has 6 nitrogen and oxygen atoms in total. The van der Waals surface area contributed by atoms with Crippen molar-refractivity contribution in [1.82, 2.24) is 10.2 Å². The first-order valence-corrected chi connectivity index (χ1v) is 6.97. The molecule has 0 bridgehead atoms. The molecule has 0 aromatic carbocycles. The molecular weight excluding hydrogens is 248 g/mol. The summed E-state index contributed by atoms with van der Waals surface area (Å²) in [6.07, 6.45) is -1.63. The molecule has 5 unspecified atom stereocenters. The van der Waals surface area contributed by atoms with Crippen LogP contribution in [0.3, 0.4) is 0 Å². The van der Waals surface area contributed by atoms with Crippen molar-refractivity contribution in [3.8, 4) is 0 Å². The quantitative estimate of drug-likeness (QED) is 0.512. The van der Waals surface area contributed by atoms with E-state index in [4.69, 9.17) is 0 Å². The van der Waals surface area contributed by atoms with E-state index in [0.29, 0.717) is 25.9 Å². The van der Waals surface area contributed by atoms with Crippen LogP contribution in [0.4, 0.5) is 0 Å². The molecule has 1 amide bonds. The van der Waals surface area contributed by atoms with Gasteiger partial charge >= 0.3 is 0 Å². The van der Waals surface area contributed by atoms with E-state index in [0.717, 1.165) is 0 Å². The lowest BCUT2D eigenvalue weighted by molar-refractivity contribution is -0.130. The maximum atomic E-state index is 11.8. The van der Waals surface area contributed by atoms with Crippen molar-refractivity contribution in [1.29, 1.82) is 0 Å². The fourth-order valence-electron chi connectivity index (χ4n) is 3.09. The second-order valence-electron chi connectivity index (χ2n) is 6.09. The Hall–Kier alpha value is -0.690. The molecule has 4 N–H and O–H groups in total. The Morgan fingerprint density at radius 2 is 2.00 bits per heavy atom. The lowest BCUT2D eigenvalue weighted by Crippen LogP contribution is -2.65. The predicted molar refractivity (Wildman–Crippen MR) is 69.4 cm³/mol. The second-order valence-corrected chi connectivity index (χ2v) is 6.09. The van der Waals surface area contributed by atoms with E-state index in [9.17, 15) is 20.1 Å². The van der Waals surface area contributed by atoms with Gasteiger partial charge in [0, 0.05) is 19.5 Å². The number of hydrogen-bond donors (Lipinski definition) is 4. The van der Waals surface area contributed by atoms with Crippen LogP contribution in [-0.4, -0.2) is 69.6 Å². The van der Waals surface area contributed by atoms with Gasteiger partial charge in [-0.05, 0) is 12.3 Å². The highest BCUT2D eigenvalue weighted by molar-refractivity contribution is 5.76. The molecule has 2 heterocycles. The Morgan fingerprint density at radius 3 is 2.63 bits per heavy atom. The van der Waals surface area contributed by atoms with E-state index in [1.165, 1.54) is 0 Å². The summed E-state index contributed by atoms with van der Waals surface area (Å²) in [5, 5.41) is 32.7. The smallest absolute Gasteiger partial charge is 0.220 e. The molecule has 0 spiro atoms. The van der Waals surface area contributed by atoms with E-state index in [1.807, 2.05) is 18.7 Å². The first-order chi connectivity index (χ1) is 8.90. The van der Waals surface area contributed by atoms with Crippen molar-refractivity contribution in [2.45, 2.75) is 57.1 Å². The number of aliphatic hydroxyl groups is 3. The number of amides is 1. The second kappa shape index (κ2) is 5.75. The van der Waals surface area contributed by atoms with Crippen molar-refractivity contribution in [2.24, 2.45) is 5.92 Å². The van der Waals surface area contributed by atoms with Gasteiger partial charge in [-0.2, -0.15) is 0 Å². The Balaban J connectivity index is 1.98. The number of hydrogen-bond acceptors (Lipinski definition) is 5. The molecule has 0 aromatic rings. The average molecular weight is 272 g/mol. The summed E-state index contributed by atoms with van der Waals surface area (Å²) in [7, 11) is 0. The number of rotatable bonds is 3. The van der Waals surface area contributed by atoms with E-state index in [-0.39, 0.29) is 11.8 Å². The lowest BCUT2D eigenvalue weighted by atomic mass is 9.91. The van der Waals surface area contributed by atoms with Crippen LogP contribution in [0.15, 0.2) is 0 Å². The van der Waals surface area contributed by atoms with Gasteiger partial charge in [0.15, 0.2) is 0 Å². The molecule has 110 valence electrons. The first-order valence-electron chi connectivity index (χ1n) is 6.97. The number of fused-ring (bicyclic) bond motifs is 1. The zero-order valence-corrected chi connectivity index (χ0v) is 11.5. The number of carbonyl (C=O) groups excluding carboxylic acids is 1. The van der Waals surface area contributed by atoms with Crippen LogP contribution in [0, 0.1) is 5.92 Å². The van der Waals surface area contributed by atoms with Crippen LogP contribution in [0.1, 0.15) is 26.7 Å². The highest BCUT2D eigenvalue weighted by Gasteiger charge is 2.48.